The van der Waals surface area contributed by atoms with Gasteiger partial charge in [0.05, 0.1) is 0 Å². The fourth-order valence-electron chi connectivity index (χ4n) is 1.56. The van der Waals surface area contributed by atoms with Crippen molar-refractivity contribution >= 4 is 11.8 Å². The van der Waals surface area contributed by atoms with Gasteiger partial charge in [0.1, 0.15) is 0 Å². The largest absolute Gasteiger partial charge is 0.311 e. The maximum Gasteiger partial charge on any atom is 0.0132 e. The van der Waals surface area contributed by atoms with Gasteiger partial charge in [-0.05, 0) is 26.0 Å². The van der Waals surface area contributed by atoms with E-state index < -0.39 is 0 Å². The van der Waals surface area contributed by atoms with E-state index in [4.69, 9.17) is 0 Å². The molecule has 0 radical (unpaired) electrons. The quantitative estimate of drug-likeness (QED) is 0.649. The van der Waals surface area contributed by atoms with Crippen LogP contribution < -0.4 is 5.32 Å². The summed E-state index contributed by atoms with van der Waals surface area (Å²) in [6.45, 7) is 6.82. The maximum absolute atomic E-state index is 3.68. The van der Waals surface area contributed by atoms with Gasteiger partial charge < -0.3 is 5.32 Å². The fourth-order valence-corrected chi connectivity index (χ4v) is 2.15. The van der Waals surface area contributed by atoms with Crippen LogP contribution in [0.4, 0.5) is 0 Å². The van der Waals surface area contributed by atoms with Crippen molar-refractivity contribution in [2.24, 2.45) is 0 Å². The Bertz CT molecular complexity index is 106. The van der Waals surface area contributed by atoms with E-state index in [1.54, 1.807) is 0 Å². The van der Waals surface area contributed by atoms with Gasteiger partial charge in [0.15, 0.2) is 0 Å². The van der Waals surface area contributed by atoms with Gasteiger partial charge in [-0.15, -0.1) is 0 Å². The van der Waals surface area contributed by atoms with Crippen molar-refractivity contribution in [3.8, 4) is 0 Å². The number of rotatable bonds is 8. The summed E-state index contributed by atoms with van der Waals surface area (Å²) >= 11 is 1.92. The Morgan fingerprint density at radius 2 is 2.00 bits per heavy atom. The molecular weight excluding hydrogens is 178 g/mol. The van der Waals surface area contributed by atoms with E-state index in [1.807, 2.05) is 11.8 Å². The van der Waals surface area contributed by atoms with E-state index in [0.717, 1.165) is 6.04 Å². The highest BCUT2D eigenvalue weighted by Crippen LogP contribution is 2.06. The lowest BCUT2D eigenvalue weighted by molar-refractivity contribution is 0.420. The average Bonchev–Trinajstić information content (AvgIpc) is 2.12. The third kappa shape index (κ3) is 7.39. The summed E-state index contributed by atoms with van der Waals surface area (Å²) in [4.78, 5) is 0. The average molecular weight is 203 g/mol. The standard InChI is InChI=1S/C11H25NS/c1-5-7-8-11(6-2)12-10(3)9-13-4/h10-12H,5-9H2,1-4H3. The zero-order valence-electron chi connectivity index (χ0n) is 9.60. The minimum atomic E-state index is 0.664. The Kier molecular flexibility index (Phi) is 9.10. The number of nitrogens with one attached hydrogen (secondary N) is 1. The van der Waals surface area contributed by atoms with Crippen LogP contribution in [0.3, 0.4) is 0 Å². The Balaban J connectivity index is 3.56. The Morgan fingerprint density at radius 3 is 2.46 bits per heavy atom. The van der Waals surface area contributed by atoms with Crippen LogP contribution in [0.1, 0.15) is 46.5 Å². The van der Waals surface area contributed by atoms with Gasteiger partial charge in [-0.3, -0.25) is 0 Å². The van der Waals surface area contributed by atoms with Crippen molar-refractivity contribution in [3.05, 3.63) is 0 Å². The molecule has 0 rings (SSSR count). The summed E-state index contributed by atoms with van der Waals surface area (Å²) in [5, 5.41) is 3.68. The zero-order chi connectivity index (χ0) is 10.1. The van der Waals surface area contributed by atoms with Crippen molar-refractivity contribution < 1.29 is 0 Å². The summed E-state index contributed by atoms with van der Waals surface area (Å²) in [7, 11) is 0. The van der Waals surface area contributed by atoms with Crippen LogP contribution >= 0.6 is 11.8 Å². The number of hydrogen-bond donors (Lipinski definition) is 1. The highest BCUT2D eigenvalue weighted by Gasteiger charge is 2.08. The van der Waals surface area contributed by atoms with Crippen LogP contribution in [0.5, 0.6) is 0 Å². The van der Waals surface area contributed by atoms with Gasteiger partial charge >= 0.3 is 0 Å². The topological polar surface area (TPSA) is 12.0 Å². The predicted octanol–water partition coefficient (Wildman–Crippen LogP) is 3.30. The minimum Gasteiger partial charge on any atom is -0.311 e. The molecule has 0 aliphatic heterocycles. The molecule has 0 heterocycles. The zero-order valence-corrected chi connectivity index (χ0v) is 10.4. The van der Waals surface area contributed by atoms with Gasteiger partial charge in [0.2, 0.25) is 0 Å². The number of unbranched alkanes of at least 4 members (excludes halogenated alkanes) is 1. The molecule has 1 nitrogen and oxygen atoms in total. The summed E-state index contributed by atoms with van der Waals surface area (Å²) in [5.41, 5.74) is 0. The molecule has 0 aromatic rings. The Labute approximate surface area is 88.1 Å². The third-order valence-electron chi connectivity index (χ3n) is 2.34. The van der Waals surface area contributed by atoms with Gasteiger partial charge in [0, 0.05) is 17.8 Å². The lowest BCUT2D eigenvalue weighted by atomic mass is 10.1. The first-order valence-electron chi connectivity index (χ1n) is 5.49. The first kappa shape index (κ1) is 13.3. The van der Waals surface area contributed by atoms with Gasteiger partial charge in [-0.2, -0.15) is 11.8 Å². The second-order valence-electron chi connectivity index (χ2n) is 3.77. The first-order valence-corrected chi connectivity index (χ1v) is 6.88. The summed E-state index contributed by atoms with van der Waals surface area (Å²) in [6.07, 6.45) is 7.45. The van der Waals surface area contributed by atoms with E-state index in [-0.39, 0.29) is 0 Å². The molecule has 2 unspecified atom stereocenters. The van der Waals surface area contributed by atoms with Gasteiger partial charge in [0.25, 0.3) is 0 Å². The second-order valence-corrected chi connectivity index (χ2v) is 4.68. The molecule has 1 N–H and O–H groups in total. The molecule has 0 aliphatic rings. The smallest absolute Gasteiger partial charge is 0.0132 e. The van der Waals surface area contributed by atoms with E-state index in [9.17, 15) is 0 Å². The molecule has 0 saturated heterocycles. The summed E-state index contributed by atoms with van der Waals surface area (Å²) in [5.74, 6) is 1.22. The molecule has 0 aliphatic carbocycles. The highest BCUT2D eigenvalue weighted by atomic mass is 32.2. The third-order valence-corrected chi connectivity index (χ3v) is 3.17. The van der Waals surface area contributed by atoms with Crippen molar-refractivity contribution in [1.29, 1.82) is 0 Å². The van der Waals surface area contributed by atoms with E-state index in [1.165, 1.54) is 31.4 Å². The molecule has 80 valence electrons. The molecule has 0 saturated carbocycles. The second kappa shape index (κ2) is 8.89. The van der Waals surface area contributed by atoms with Crippen LogP contribution in [-0.2, 0) is 0 Å². The number of thioether (sulfide) groups is 1. The molecule has 0 fully saturated rings. The lowest BCUT2D eigenvalue weighted by Crippen LogP contribution is -2.37. The lowest BCUT2D eigenvalue weighted by Gasteiger charge is -2.21. The number of hydrogen-bond acceptors (Lipinski definition) is 2. The molecule has 13 heavy (non-hydrogen) atoms. The summed E-state index contributed by atoms with van der Waals surface area (Å²) < 4.78 is 0. The van der Waals surface area contributed by atoms with Crippen molar-refractivity contribution in [3.63, 3.8) is 0 Å². The predicted molar refractivity (Wildman–Crippen MR) is 64.6 cm³/mol. The van der Waals surface area contributed by atoms with Crippen molar-refractivity contribution in [2.45, 2.75) is 58.5 Å². The van der Waals surface area contributed by atoms with Crippen LogP contribution in [0.25, 0.3) is 0 Å². The monoisotopic (exact) mass is 203 g/mol. The fraction of sp³-hybridized carbons (Fsp3) is 1.00. The Morgan fingerprint density at radius 1 is 1.31 bits per heavy atom. The van der Waals surface area contributed by atoms with Crippen LogP contribution in [0.15, 0.2) is 0 Å². The highest BCUT2D eigenvalue weighted by molar-refractivity contribution is 7.98. The molecule has 0 spiro atoms. The molecule has 2 atom stereocenters. The van der Waals surface area contributed by atoms with Crippen molar-refractivity contribution in [1.82, 2.24) is 5.32 Å². The molecule has 2 heteroatoms. The SMILES string of the molecule is CCCCC(CC)NC(C)CSC. The minimum absolute atomic E-state index is 0.664. The molecule has 0 aromatic carbocycles. The first-order chi connectivity index (χ1) is 6.24. The molecule has 0 bridgehead atoms. The van der Waals surface area contributed by atoms with Crippen LogP contribution in [-0.4, -0.2) is 24.1 Å². The Hall–Kier alpha value is 0.310. The van der Waals surface area contributed by atoms with E-state index >= 15 is 0 Å². The normalized spacial score (nSPS) is 15.7. The molecule has 0 amide bonds. The summed E-state index contributed by atoms with van der Waals surface area (Å²) in [6, 6.07) is 1.40. The van der Waals surface area contributed by atoms with Gasteiger partial charge in [-0.1, -0.05) is 26.7 Å². The molecule has 0 aromatic heterocycles. The van der Waals surface area contributed by atoms with Crippen molar-refractivity contribution in [2.75, 3.05) is 12.0 Å². The van der Waals surface area contributed by atoms with Crippen LogP contribution in [0, 0.1) is 0 Å². The van der Waals surface area contributed by atoms with Crippen LogP contribution in [0.2, 0.25) is 0 Å². The van der Waals surface area contributed by atoms with E-state index in [2.05, 4.69) is 32.3 Å². The molecular formula is C11H25NS. The van der Waals surface area contributed by atoms with Gasteiger partial charge in [-0.25, -0.2) is 0 Å². The van der Waals surface area contributed by atoms with E-state index in [0.29, 0.717) is 6.04 Å². The maximum atomic E-state index is 3.68.